The highest BCUT2D eigenvalue weighted by Gasteiger charge is 2.33. The molecule has 118 valence electrons. The smallest absolute Gasteiger partial charge is 0.317 e. The van der Waals surface area contributed by atoms with Crippen LogP contribution in [0, 0.1) is 5.41 Å². The van der Waals surface area contributed by atoms with Crippen molar-refractivity contribution in [1.29, 1.82) is 0 Å². The van der Waals surface area contributed by atoms with E-state index in [9.17, 15) is 9.90 Å². The van der Waals surface area contributed by atoms with Crippen LogP contribution in [0.2, 0.25) is 0 Å². The van der Waals surface area contributed by atoms with Gasteiger partial charge in [-0.25, -0.2) is 4.79 Å². The molecule has 1 saturated heterocycles. The molecule has 1 rings (SSSR count). The maximum atomic E-state index is 12.2. The van der Waals surface area contributed by atoms with E-state index in [0.29, 0.717) is 32.7 Å². The van der Waals surface area contributed by atoms with Crippen LogP contribution in [0.15, 0.2) is 0 Å². The maximum Gasteiger partial charge on any atom is 0.317 e. The molecule has 0 aromatic rings. The number of nitrogens with one attached hydrogen (secondary N) is 1. The quantitative estimate of drug-likeness (QED) is 0.812. The molecule has 0 bridgehead atoms. The summed E-state index contributed by atoms with van der Waals surface area (Å²) >= 11 is 0. The molecule has 5 heteroatoms. The average molecular weight is 286 g/mol. The zero-order chi connectivity index (χ0) is 15.4. The van der Waals surface area contributed by atoms with Crippen LogP contribution in [0.25, 0.3) is 0 Å². The summed E-state index contributed by atoms with van der Waals surface area (Å²) in [5.74, 6) is 0. The third-order valence-corrected chi connectivity index (χ3v) is 3.94. The fourth-order valence-electron chi connectivity index (χ4n) is 2.62. The molecule has 1 aliphatic rings. The van der Waals surface area contributed by atoms with Crippen molar-refractivity contribution >= 4 is 6.03 Å². The summed E-state index contributed by atoms with van der Waals surface area (Å²) < 4.78 is 5.74. The number of nitrogens with zero attached hydrogens (tertiary/aromatic N) is 1. The number of hydrogen-bond acceptors (Lipinski definition) is 3. The Morgan fingerprint density at radius 1 is 1.55 bits per heavy atom. The lowest BCUT2D eigenvalue weighted by Crippen LogP contribution is -2.55. The van der Waals surface area contributed by atoms with Crippen molar-refractivity contribution in [3.05, 3.63) is 0 Å². The van der Waals surface area contributed by atoms with Gasteiger partial charge in [0.15, 0.2) is 0 Å². The molecule has 5 nitrogen and oxygen atoms in total. The largest absolute Gasteiger partial charge is 0.393 e. The van der Waals surface area contributed by atoms with Crippen LogP contribution in [0.4, 0.5) is 4.79 Å². The van der Waals surface area contributed by atoms with Gasteiger partial charge >= 0.3 is 6.03 Å². The molecule has 0 radical (unpaired) electrons. The van der Waals surface area contributed by atoms with E-state index in [2.05, 4.69) is 26.1 Å². The Hall–Kier alpha value is -0.810. The van der Waals surface area contributed by atoms with Crippen molar-refractivity contribution in [2.75, 3.05) is 26.2 Å². The first-order chi connectivity index (χ1) is 9.17. The minimum atomic E-state index is -0.353. The topological polar surface area (TPSA) is 61.8 Å². The molecule has 2 unspecified atom stereocenters. The van der Waals surface area contributed by atoms with Gasteiger partial charge in [0.1, 0.15) is 0 Å². The van der Waals surface area contributed by atoms with Gasteiger partial charge in [0, 0.05) is 13.1 Å². The van der Waals surface area contributed by atoms with Crippen LogP contribution < -0.4 is 5.32 Å². The fraction of sp³-hybridized carbons (Fsp3) is 0.933. The monoisotopic (exact) mass is 286 g/mol. The lowest BCUT2D eigenvalue weighted by molar-refractivity contribution is -0.0873. The molecule has 2 N–H and O–H groups in total. The van der Waals surface area contributed by atoms with Gasteiger partial charge in [-0.05, 0) is 32.1 Å². The summed E-state index contributed by atoms with van der Waals surface area (Å²) in [5.41, 5.74) is -0.338. The first-order valence-corrected chi connectivity index (χ1v) is 7.52. The molecular formula is C15H30N2O3. The summed E-state index contributed by atoms with van der Waals surface area (Å²) in [5, 5.41) is 12.4. The van der Waals surface area contributed by atoms with Gasteiger partial charge in [-0.2, -0.15) is 0 Å². The van der Waals surface area contributed by atoms with E-state index in [1.54, 1.807) is 6.92 Å². The van der Waals surface area contributed by atoms with E-state index >= 15 is 0 Å². The zero-order valence-electron chi connectivity index (χ0n) is 13.5. The third kappa shape index (κ3) is 5.29. The molecule has 0 aliphatic carbocycles. The zero-order valence-corrected chi connectivity index (χ0v) is 13.5. The number of urea groups is 1. The van der Waals surface area contributed by atoms with Crippen LogP contribution in [-0.4, -0.2) is 54.0 Å². The molecule has 0 saturated carbocycles. The predicted molar refractivity (Wildman–Crippen MR) is 79.7 cm³/mol. The Morgan fingerprint density at radius 3 is 2.75 bits per heavy atom. The van der Waals surface area contributed by atoms with Crippen LogP contribution in [0.3, 0.4) is 0 Å². The number of rotatable bonds is 5. The standard InChI is InChI=1S/C15H30N2O3/c1-6-15(5)11-17(7-8-20-15)13(19)16-10-14(3,4)9-12(2)18/h12,18H,6-11H2,1-5H3,(H,16,19). The van der Waals surface area contributed by atoms with E-state index in [0.717, 1.165) is 6.42 Å². The third-order valence-electron chi connectivity index (χ3n) is 3.94. The lowest BCUT2D eigenvalue weighted by Gasteiger charge is -2.40. The number of aliphatic hydroxyl groups is 1. The molecule has 2 amide bonds. The van der Waals surface area contributed by atoms with Gasteiger partial charge in [0.25, 0.3) is 0 Å². The first kappa shape index (κ1) is 17.2. The highest BCUT2D eigenvalue weighted by Crippen LogP contribution is 2.23. The number of amides is 2. The molecule has 2 atom stereocenters. The minimum Gasteiger partial charge on any atom is -0.393 e. The highest BCUT2D eigenvalue weighted by molar-refractivity contribution is 5.74. The summed E-state index contributed by atoms with van der Waals surface area (Å²) in [4.78, 5) is 14.1. The molecule has 1 aliphatic heterocycles. The van der Waals surface area contributed by atoms with Crippen molar-refractivity contribution in [2.45, 2.75) is 59.2 Å². The van der Waals surface area contributed by atoms with Gasteiger partial charge in [-0.15, -0.1) is 0 Å². The molecule has 0 aromatic carbocycles. The van der Waals surface area contributed by atoms with E-state index in [1.165, 1.54) is 0 Å². The van der Waals surface area contributed by atoms with Gasteiger partial charge < -0.3 is 20.1 Å². The van der Waals surface area contributed by atoms with Gasteiger partial charge in [-0.1, -0.05) is 20.8 Å². The summed E-state index contributed by atoms with van der Waals surface area (Å²) in [6.07, 6.45) is 1.21. The minimum absolute atomic E-state index is 0.0355. The maximum absolute atomic E-state index is 12.2. The van der Waals surface area contributed by atoms with Crippen molar-refractivity contribution in [1.82, 2.24) is 10.2 Å². The number of morpholine rings is 1. The SMILES string of the molecule is CCC1(C)CN(C(=O)NCC(C)(C)CC(C)O)CCO1. The second kappa shape index (κ2) is 6.76. The molecule has 1 heterocycles. The second-order valence-corrected chi connectivity index (χ2v) is 6.95. The van der Waals surface area contributed by atoms with Crippen molar-refractivity contribution in [3.8, 4) is 0 Å². The average Bonchev–Trinajstić information content (AvgIpc) is 2.34. The summed E-state index contributed by atoms with van der Waals surface area (Å²) in [6, 6.07) is -0.0355. The Balaban J connectivity index is 2.46. The predicted octanol–water partition coefficient (Wildman–Crippen LogP) is 1.99. The number of carbonyl (C=O) groups excluding carboxylic acids is 1. The molecule has 0 aromatic heterocycles. The Kier molecular flexibility index (Phi) is 5.83. The first-order valence-electron chi connectivity index (χ1n) is 7.52. The number of hydrogen-bond donors (Lipinski definition) is 2. The normalized spacial score (nSPS) is 25.4. The van der Waals surface area contributed by atoms with E-state index in [1.807, 2.05) is 11.8 Å². The van der Waals surface area contributed by atoms with Crippen LogP contribution in [0.1, 0.15) is 47.5 Å². The lowest BCUT2D eigenvalue weighted by atomic mass is 9.87. The van der Waals surface area contributed by atoms with E-state index in [4.69, 9.17) is 4.74 Å². The number of aliphatic hydroxyl groups excluding tert-OH is 1. The second-order valence-electron chi connectivity index (χ2n) is 6.95. The molecule has 1 fully saturated rings. The summed E-state index contributed by atoms with van der Waals surface area (Å²) in [7, 11) is 0. The molecular weight excluding hydrogens is 256 g/mol. The van der Waals surface area contributed by atoms with E-state index in [-0.39, 0.29) is 23.2 Å². The highest BCUT2D eigenvalue weighted by atomic mass is 16.5. The van der Waals surface area contributed by atoms with E-state index < -0.39 is 0 Å². The molecule has 0 spiro atoms. The van der Waals surface area contributed by atoms with Crippen molar-refractivity contribution < 1.29 is 14.6 Å². The van der Waals surface area contributed by atoms with Crippen molar-refractivity contribution in [3.63, 3.8) is 0 Å². The van der Waals surface area contributed by atoms with Gasteiger partial charge in [0.05, 0.1) is 24.9 Å². The molecule has 20 heavy (non-hydrogen) atoms. The fourth-order valence-corrected chi connectivity index (χ4v) is 2.62. The number of ether oxygens (including phenoxy) is 1. The van der Waals surface area contributed by atoms with Crippen LogP contribution >= 0.6 is 0 Å². The van der Waals surface area contributed by atoms with Crippen LogP contribution in [-0.2, 0) is 4.74 Å². The number of carbonyl (C=O) groups is 1. The summed E-state index contributed by atoms with van der Waals surface area (Å²) in [6.45, 7) is 12.4. The Labute approximate surface area is 122 Å². The van der Waals surface area contributed by atoms with Gasteiger partial charge in [-0.3, -0.25) is 0 Å². The van der Waals surface area contributed by atoms with Gasteiger partial charge in [0.2, 0.25) is 0 Å². The Bertz CT molecular complexity index is 331. The van der Waals surface area contributed by atoms with Crippen molar-refractivity contribution in [2.24, 2.45) is 5.41 Å². The Morgan fingerprint density at radius 2 is 2.20 bits per heavy atom. The van der Waals surface area contributed by atoms with Crippen LogP contribution in [0.5, 0.6) is 0 Å².